The molecule has 0 spiro atoms. The quantitative estimate of drug-likeness (QED) is 0.848. The summed E-state index contributed by atoms with van der Waals surface area (Å²) in [5.74, 6) is 0.496. The first kappa shape index (κ1) is 13.3. The summed E-state index contributed by atoms with van der Waals surface area (Å²) in [5, 5.41) is 2.97. The third-order valence-electron chi connectivity index (χ3n) is 3.42. The molecule has 2 aromatic rings. The molecule has 6 nitrogen and oxygen atoms in total. The Morgan fingerprint density at radius 1 is 1.24 bits per heavy atom. The Morgan fingerprint density at radius 3 is 2.71 bits per heavy atom. The van der Waals surface area contributed by atoms with Gasteiger partial charge in [-0.3, -0.25) is 13.9 Å². The first-order valence-electron chi connectivity index (χ1n) is 6.36. The Morgan fingerprint density at radius 2 is 2.00 bits per heavy atom. The minimum Gasteiger partial charge on any atom is -0.343 e. The fourth-order valence-corrected chi connectivity index (χ4v) is 2.34. The minimum atomic E-state index is -0.422. The van der Waals surface area contributed by atoms with Gasteiger partial charge in [-0.15, -0.1) is 0 Å². The number of halogens is 1. The molecular formula is C14H13FN4O2. The van der Waals surface area contributed by atoms with E-state index in [1.54, 1.807) is 19.2 Å². The van der Waals surface area contributed by atoms with Crippen LogP contribution in [0.5, 0.6) is 0 Å². The molecule has 0 fully saturated rings. The van der Waals surface area contributed by atoms with E-state index in [-0.39, 0.29) is 17.8 Å². The van der Waals surface area contributed by atoms with Gasteiger partial charge in [-0.2, -0.15) is 0 Å². The smallest absolute Gasteiger partial charge is 0.332 e. The molecule has 0 aliphatic carbocycles. The Bertz CT molecular complexity index is 880. The molecule has 0 bridgehead atoms. The first-order valence-corrected chi connectivity index (χ1v) is 6.36. The van der Waals surface area contributed by atoms with Gasteiger partial charge in [0.25, 0.3) is 5.56 Å². The van der Waals surface area contributed by atoms with Gasteiger partial charge < -0.3 is 5.32 Å². The summed E-state index contributed by atoms with van der Waals surface area (Å²) >= 11 is 0. The Hall–Kier alpha value is -2.70. The van der Waals surface area contributed by atoms with Gasteiger partial charge in [-0.25, -0.2) is 14.2 Å². The van der Waals surface area contributed by atoms with Gasteiger partial charge in [0.1, 0.15) is 17.5 Å². The molecule has 1 aromatic carbocycles. The van der Waals surface area contributed by atoms with Crippen LogP contribution in [0.3, 0.4) is 0 Å². The van der Waals surface area contributed by atoms with Crippen molar-refractivity contribution in [2.75, 3.05) is 5.32 Å². The second kappa shape index (κ2) is 4.69. The molecule has 1 N–H and O–H groups in total. The van der Waals surface area contributed by atoms with Gasteiger partial charge in [0.2, 0.25) is 0 Å². The van der Waals surface area contributed by atoms with Crippen LogP contribution in [0, 0.1) is 5.82 Å². The van der Waals surface area contributed by atoms with Gasteiger partial charge in [0, 0.05) is 26.2 Å². The van der Waals surface area contributed by atoms with Crippen LogP contribution < -0.4 is 16.6 Å². The normalized spacial score (nSPS) is 13.0. The fraction of sp³-hybridized carbons (Fsp3) is 0.214. The average molecular weight is 288 g/mol. The fourth-order valence-electron chi connectivity index (χ4n) is 2.34. The van der Waals surface area contributed by atoms with E-state index in [0.717, 1.165) is 4.57 Å². The molecule has 0 radical (unpaired) electrons. The van der Waals surface area contributed by atoms with Crippen molar-refractivity contribution < 1.29 is 4.39 Å². The highest BCUT2D eigenvalue weighted by Gasteiger charge is 2.23. The van der Waals surface area contributed by atoms with Crippen LogP contribution in [0.4, 0.5) is 15.9 Å². The second-order valence-electron chi connectivity index (χ2n) is 4.88. The van der Waals surface area contributed by atoms with Crippen molar-refractivity contribution in [3.63, 3.8) is 0 Å². The standard InChI is InChI=1S/C14H13FN4O2/c1-18-12-10(13(20)19(2)14(18)21)7-11(17-12)16-9-5-3-4-8(15)6-9/h3-6H,7H2,1-2H3,(H,16,17). The summed E-state index contributed by atoms with van der Waals surface area (Å²) in [6, 6.07) is 5.96. The third kappa shape index (κ3) is 2.16. The lowest BCUT2D eigenvalue weighted by Gasteiger charge is -2.05. The summed E-state index contributed by atoms with van der Waals surface area (Å²) in [5.41, 5.74) is 0.226. The molecule has 3 rings (SSSR count). The van der Waals surface area contributed by atoms with Gasteiger partial charge in [-0.1, -0.05) is 6.07 Å². The molecule has 0 amide bonds. The summed E-state index contributed by atoms with van der Waals surface area (Å²) in [7, 11) is 3.00. The number of hydrogen-bond donors (Lipinski definition) is 1. The van der Waals surface area contributed by atoms with E-state index in [2.05, 4.69) is 10.3 Å². The van der Waals surface area contributed by atoms with Crippen molar-refractivity contribution in [2.24, 2.45) is 19.1 Å². The summed E-state index contributed by atoms with van der Waals surface area (Å²) in [6.07, 6.45) is 0.284. The van der Waals surface area contributed by atoms with Gasteiger partial charge in [0.05, 0.1) is 5.56 Å². The highest BCUT2D eigenvalue weighted by Crippen LogP contribution is 2.22. The maximum absolute atomic E-state index is 13.2. The van der Waals surface area contributed by atoms with Crippen molar-refractivity contribution in [1.82, 2.24) is 9.13 Å². The predicted octanol–water partition coefficient (Wildman–Crippen LogP) is 0.921. The van der Waals surface area contributed by atoms with Crippen molar-refractivity contribution >= 4 is 17.3 Å². The van der Waals surface area contributed by atoms with Crippen LogP contribution in [-0.4, -0.2) is 15.0 Å². The van der Waals surface area contributed by atoms with Crippen molar-refractivity contribution in [2.45, 2.75) is 6.42 Å². The Labute approximate surface area is 119 Å². The van der Waals surface area contributed by atoms with Crippen molar-refractivity contribution in [3.05, 3.63) is 56.5 Å². The zero-order chi connectivity index (χ0) is 15.1. The molecule has 1 aromatic heterocycles. The molecule has 1 aliphatic rings. The zero-order valence-corrected chi connectivity index (χ0v) is 11.6. The second-order valence-corrected chi connectivity index (χ2v) is 4.88. The lowest BCUT2D eigenvalue weighted by molar-refractivity contribution is 0.628. The van der Waals surface area contributed by atoms with E-state index in [9.17, 15) is 14.0 Å². The van der Waals surface area contributed by atoms with Crippen LogP contribution >= 0.6 is 0 Å². The number of nitrogens with one attached hydrogen (secondary N) is 1. The highest BCUT2D eigenvalue weighted by molar-refractivity contribution is 6.01. The molecule has 7 heteroatoms. The Kier molecular flexibility index (Phi) is 2.97. The van der Waals surface area contributed by atoms with Crippen LogP contribution in [0.1, 0.15) is 5.56 Å². The van der Waals surface area contributed by atoms with E-state index < -0.39 is 5.69 Å². The summed E-state index contributed by atoms with van der Waals surface area (Å²) in [4.78, 5) is 28.2. The third-order valence-corrected chi connectivity index (χ3v) is 3.42. The predicted molar refractivity (Wildman–Crippen MR) is 77.7 cm³/mol. The van der Waals surface area contributed by atoms with Crippen LogP contribution in [0.2, 0.25) is 0 Å². The minimum absolute atomic E-state index is 0.284. The molecule has 0 atom stereocenters. The Balaban J connectivity index is 2.00. The molecule has 108 valence electrons. The highest BCUT2D eigenvalue weighted by atomic mass is 19.1. The topological polar surface area (TPSA) is 68.4 Å². The van der Waals surface area contributed by atoms with E-state index in [1.165, 1.54) is 23.7 Å². The zero-order valence-electron chi connectivity index (χ0n) is 11.6. The largest absolute Gasteiger partial charge is 0.343 e. The molecular weight excluding hydrogens is 275 g/mol. The van der Waals surface area contributed by atoms with Gasteiger partial charge >= 0.3 is 5.69 Å². The molecule has 0 saturated carbocycles. The maximum Gasteiger partial charge on any atom is 0.332 e. The maximum atomic E-state index is 13.2. The van der Waals surface area contributed by atoms with Crippen molar-refractivity contribution in [1.29, 1.82) is 0 Å². The van der Waals surface area contributed by atoms with Crippen LogP contribution in [0.15, 0.2) is 38.8 Å². The number of aliphatic imine (C=N–C) groups is 1. The summed E-state index contributed by atoms with van der Waals surface area (Å²) < 4.78 is 15.5. The van der Waals surface area contributed by atoms with E-state index in [0.29, 0.717) is 22.9 Å². The number of fused-ring (bicyclic) bond motifs is 1. The molecule has 21 heavy (non-hydrogen) atoms. The molecule has 1 aliphatic heterocycles. The molecule has 2 heterocycles. The van der Waals surface area contributed by atoms with Gasteiger partial charge in [-0.05, 0) is 18.2 Å². The number of rotatable bonds is 1. The van der Waals surface area contributed by atoms with E-state index in [4.69, 9.17) is 0 Å². The number of hydrogen-bond acceptors (Lipinski definition) is 4. The van der Waals surface area contributed by atoms with E-state index >= 15 is 0 Å². The molecule has 0 unspecified atom stereocenters. The number of benzene rings is 1. The monoisotopic (exact) mass is 288 g/mol. The van der Waals surface area contributed by atoms with Crippen LogP contribution in [0.25, 0.3) is 0 Å². The first-order chi connectivity index (χ1) is 9.97. The van der Waals surface area contributed by atoms with Gasteiger partial charge in [0.15, 0.2) is 0 Å². The summed E-state index contributed by atoms with van der Waals surface area (Å²) in [6.45, 7) is 0. The van der Waals surface area contributed by atoms with E-state index in [1.807, 2.05) is 0 Å². The SMILES string of the molecule is Cn1c2c(c(=O)n(C)c1=O)CC(Nc1cccc(F)c1)=N2. The number of anilines is 1. The molecule has 0 saturated heterocycles. The average Bonchev–Trinajstić information content (AvgIpc) is 2.87. The number of nitrogens with zero attached hydrogens (tertiary/aromatic N) is 3. The number of amidine groups is 1. The lowest BCUT2D eigenvalue weighted by atomic mass is 10.2. The van der Waals surface area contributed by atoms with Crippen molar-refractivity contribution in [3.8, 4) is 0 Å². The number of aromatic nitrogens is 2. The lowest BCUT2D eigenvalue weighted by Crippen LogP contribution is -2.38. The van der Waals surface area contributed by atoms with Crippen LogP contribution in [-0.2, 0) is 20.5 Å².